The Morgan fingerprint density at radius 3 is 3.00 bits per heavy atom. The van der Waals surface area contributed by atoms with Crippen LogP contribution in [0.25, 0.3) is 0 Å². The van der Waals surface area contributed by atoms with Gasteiger partial charge in [-0.05, 0) is 110 Å². The fourth-order valence-electron chi connectivity index (χ4n) is 7.61. The Balaban J connectivity index is 1.27. The van der Waals surface area contributed by atoms with Crippen LogP contribution in [-0.4, -0.2) is 26.5 Å². The van der Waals surface area contributed by atoms with Gasteiger partial charge in [-0.25, -0.2) is 9.37 Å². The molecule has 6 heteroatoms. The zero-order valence-corrected chi connectivity index (χ0v) is 19.9. The second-order valence-electron chi connectivity index (χ2n) is 10.9. The number of pyridine rings is 1. The van der Waals surface area contributed by atoms with E-state index in [4.69, 9.17) is 5.10 Å². The molecule has 0 aliphatic heterocycles. The molecule has 3 N–H and O–H groups in total. The number of aromatic nitrogens is 3. The second-order valence-corrected chi connectivity index (χ2v) is 10.9. The van der Waals surface area contributed by atoms with Gasteiger partial charge in [-0.3, -0.25) is 5.10 Å². The number of fused-ring (bicyclic) bond motifs is 7. The van der Waals surface area contributed by atoms with Crippen molar-refractivity contribution in [3.63, 3.8) is 0 Å². The normalized spacial score (nSPS) is 30.1. The average Bonchev–Trinajstić information content (AvgIpc) is 3.39. The van der Waals surface area contributed by atoms with E-state index in [1.165, 1.54) is 16.8 Å². The summed E-state index contributed by atoms with van der Waals surface area (Å²) < 4.78 is 14.6. The van der Waals surface area contributed by atoms with E-state index in [0.717, 1.165) is 43.2 Å². The van der Waals surface area contributed by atoms with Crippen molar-refractivity contribution >= 4 is 5.82 Å². The number of aromatic amines is 1. The maximum Gasteiger partial charge on any atom is 0.128 e. The minimum absolute atomic E-state index is 0.0302. The van der Waals surface area contributed by atoms with Crippen molar-refractivity contribution in [2.45, 2.75) is 75.9 Å². The molecule has 0 bridgehead atoms. The number of nitrogens with one attached hydrogen (secondary N) is 2. The highest BCUT2D eigenvalue weighted by Crippen LogP contribution is 2.64. The van der Waals surface area contributed by atoms with E-state index in [1.54, 1.807) is 12.3 Å². The Morgan fingerprint density at radius 2 is 2.15 bits per heavy atom. The molecule has 1 aromatic carbocycles. The van der Waals surface area contributed by atoms with Gasteiger partial charge in [-0.15, -0.1) is 0 Å². The summed E-state index contributed by atoms with van der Waals surface area (Å²) in [5, 5.41) is 21.8. The van der Waals surface area contributed by atoms with Crippen LogP contribution in [0.1, 0.15) is 78.8 Å². The number of hydrogen-bond donors (Lipinski definition) is 3. The van der Waals surface area contributed by atoms with Crippen LogP contribution in [-0.2, 0) is 11.8 Å². The number of benzene rings is 1. The number of H-pyrrole nitrogens is 1. The van der Waals surface area contributed by atoms with Crippen molar-refractivity contribution in [3.8, 4) is 0 Å². The number of aliphatic hydroxyl groups is 1. The maximum absolute atomic E-state index is 14.6. The molecular weight excluding hydrogens is 427 g/mol. The molecule has 2 heterocycles. The fraction of sp³-hybridized carbons (Fsp3) is 0.500. The fourth-order valence-corrected chi connectivity index (χ4v) is 7.61. The van der Waals surface area contributed by atoms with E-state index in [2.05, 4.69) is 34.6 Å². The lowest BCUT2D eigenvalue weighted by molar-refractivity contribution is 0.0747. The Morgan fingerprint density at radius 1 is 1.26 bits per heavy atom. The van der Waals surface area contributed by atoms with E-state index in [1.807, 2.05) is 25.1 Å². The van der Waals surface area contributed by atoms with Crippen LogP contribution in [0.2, 0.25) is 0 Å². The molecule has 6 atom stereocenters. The van der Waals surface area contributed by atoms with Crippen molar-refractivity contribution in [1.29, 1.82) is 0 Å². The second kappa shape index (κ2) is 8.19. The number of nitrogens with zero attached hydrogens (tertiary/aromatic N) is 2. The summed E-state index contributed by atoms with van der Waals surface area (Å²) in [7, 11) is 0. The first-order valence-corrected chi connectivity index (χ1v) is 12.6. The molecule has 178 valence electrons. The average molecular weight is 461 g/mol. The van der Waals surface area contributed by atoms with Crippen molar-refractivity contribution in [2.75, 3.05) is 5.32 Å². The molecule has 3 aromatic rings. The van der Waals surface area contributed by atoms with Gasteiger partial charge in [0.25, 0.3) is 0 Å². The molecule has 2 aromatic heterocycles. The van der Waals surface area contributed by atoms with Gasteiger partial charge in [-0.1, -0.05) is 19.1 Å². The molecule has 1 saturated carbocycles. The molecule has 0 spiro atoms. The number of aliphatic hydroxyl groups excluding tert-OH is 1. The Bertz CT molecular complexity index is 1210. The molecule has 6 rings (SSSR count). The van der Waals surface area contributed by atoms with Gasteiger partial charge >= 0.3 is 0 Å². The summed E-state index contributed by atoms with van der Waals surface area (Å²) >= 11 is 0. The third kappa shape index (κ3) is 3.37. The minimum atomic E-state index is -0.655. The van der Waals surface area contributed by atoms with Crippen molar-refractivity contribution in [1.82, 2.24) is 15.2 Å². The smallest absolute Gasteiger partial charge is 0.128 e. The molecule has 0 radical (unpaired) electrons. The molecule has 1 fully saturated rings. The first-order chi connectivity index (χ1) is 16.5. The summed E-state index contributed by atoms with van der Waals surface area (Å²) in [6.45, 7) is 4.41. The Hall–Kier alpha value is -2.73. The van der Waals surface area contributed by atoms with Gasteiger partial charge in [-0.2, -0.15) is 5.10 Å². The lowest BCUT2D eigenvalue weighted by Gasteiger charge is -2.50. The van der Waals surface area contributed by atoms with Crippen LogP contribution in [0.15, 0.2) is 42.7 Å². The zero-order chi connectivity index (χ0) is 23.4. The molecule has 34 heavy (non-hydrogen) atoms. The van der Waals surface area contributed by atoms with Crippen molar-refractivity contribution < 1.29 is 9.50 Å². The van der Waals surface area contributed by atoms with Crippen molar-refractivity contribution in [2.24, 2.45) is 11.8 Å². The van der Waals surface area contributed by atoms with E-state index < -0.39 is 6.23 Å². The van der Waals surface area contributed by atoms with Crippen LogP contribution in [0, 0.1) is 24.6 Å². The van der Waals surface area contributed by atoms with E-state index in [0.29, 0.717) is 35.9 Å². The monoisotopic (exact) mass is 460 g/mol. The molecule has 5 nitrogen and oxygen atoms in total. The molecular formula is C28H33FN4O. The third-order valence-electron chi connectivity index (χ3n) is 9.00. The third-order valence-corrected chi connectivity index (χ3v) is 9.00. The summed E-state index contributed by atoms with van der Waals surface area (Å²) in [4.78, 5) is 4.33. The summed E-state index contributed by atoms with van der Waals surface area (Å²) in [6, 6.07) is 9.55. The molecule has 3 aliphatic carbocycles. The SMILES string of the molecule is Cc1ccnc(NC(O)CC[C@@H]2c3c[nH]nc3[C@@]3(C)CCC4c5cccc(F)c5CCC4C23)c1. The first-order valence-electron chi connectivity index (χ1n) is 12.6. The Kier molecular flexibility index (Phi) is 5.25. The lowest BCUT2D eigenvalue weighted by atomic mass is 9.53. The van der Waals surface area contributed by atoms with Gasteiger partial charge in [0.2, 0.25) is 0 Å². The number of halogens is 1. The molecule has 0 saturated heterocycles. The molecule has 4 unspecified atom stereocenters. The van der Waals surface area contributed by atoms with E-state index >= 15 is 0 Å². The van der Waals surface area contributed by atoms with Gasteiger partial charge in [0.1, 0.15) is 17.9 Å². The highest BCUT2D eigenvalue weighted by molar-refractivity contribution is 5.43. The van der Waals surface area contributed by atoms with E-state index in [-0.39, 0.29) is 11.2 Å². The summed E-state index contributed by atoms with van der Waals surface area (Å²) in [6.07, 6.45) is 8.69. The number of anilines is 1. The highest BCUT2D eigenvalue weighted by atomic mass is 19.1. The van der Waals surface area contributed by atoms with Crippen LogP contribution in [0.5, 0.6) is 0 Å². The van der Waals surface area contributed by atoms with E-state index in [9.17, 15) is 9.50 Å². The highest BCUT2D eigenvalue weighted by Gasteiger charge is 2.58. The maximum atomic E-state index is 14.6. The number of rotatable bonds is 5. The molecule has 0 amide bonds. The minimum Gasteiger partial charge on any atom is -0.374 e. The van der Waals surface area contributed by atoms with Crippen LogP contribution in [0.4, 0.5) is 10.2 Å². The number of aryl methyl sites for hydroxylation is 1. The Labute approximate surface area is 200 Å². The largest absolute Gasteiger partial charge is 0.374 e. The van der Waals surface area contributed by atoms with Gasteiger partial charge in [0.05, 0.1) is 5.69 Å². The van der Waals surface area contributed by atoms with Gasteiger partial charge < -0.3 is 10.4 Å². The molecule has 3 aliphatic rings. The summed E-state index contributed by atoms with van der Waals surface area (Å²) in [5.41, 5.74) is 5.85. The first kappa shape index (κ1) is 21.8. The quantitative estimate of drug-likeness (QED) is 0.435. The lowest BCUT2D eigenvalue weighted by Crippen LogP contribution is -2.44. The summed E-state index contributed by atoms with van der Waals surface area (Å²) in [5.74, 6) is 2.38. The van der Waals surface area contributed by atoms with Gasteiger partial charge in [0.15, 0.2) is 0 Å². The topological polar surface area (TPSA) is 73.8 Å². The van der Waals surface area contributed by atoms with Gasteiger partial charge in [0, 0.05) is 17.8 Å². The zero-order valence-electron chi connectivity index (χ0n) is 19.9. The standard InChI is InChI=1S/C28H33FN4O/c1-16-11-13-30-24(14-16)32-25(34)9-8-21-22-15-31-33-27(22)28(2)12-10-18-17-4-3-5-23(29)19(17)6-7-20(18)26(21)28/h3-5,11,13-15,18,20-21,25-26,34H,6-10,12H2,1-2H3,(H,30,32)(H,31,33)/t18?,20?,21-,25?,26?,28+/m1/s1. The predicted octanol–water partition coefficient (Wildman–Crippen LogP) is 5.57. The van der Waals surface area contributed by atoms with Crippen LogP contribution < -0.4 is 5.32 Å². The van der Waals surface area contributed by atoms with Crippen LogP contribution in [0.3, 0.4) is 0 Å². The van der Waals surface area contributed by atoms with Crippen LogP contribution >= 0.6 is 0 Å². The van der Waals surface area contributed by atoms with Crippen molar-refractivity contribution in [3.05, 3.63) is 76.5 Å². The predicted molar refractivity (Wildman–Crippen MR) is 130 cm³/mol. The number of hydrogen-bond acceptors (Lipinski definition) is 4.